The van der Waals surface area contributed by atoms with Crippen LogP contribution in [0.1, 0.15) is 18.0 Å². The van der Waals surface area contributed by atoms with Gasteiger partial charge in [-0.05, 0) is 18.3 Å². The van der Waals surface area contributed by atoms with Gasteiger partial charge in [0.15, 0.2) is 5.82 Å². The number of terminal acetylenes is 1. The molecule has 6 heteroatoms. The molecule has 1 unspecified atom stereocenters. The minimum absolute atomic E-state index is 0.0182. The SMILES string of the molecule is C#CCC1c2cc(N=C=S)c(F)cc2OCN1[O-]. The van der Waals surface area contributed by atoms with E-state index in [-0.39, 0.29) is 18.8 Å². The van der Waals surface area contributed by atoms with Crippen molar-refractivity contribution >= 4 is 23.1 Å². The maximum Gasteiger partial charge on any atom is 0.153 e. The average Bonchev–Trinajstić information content (AvgIpc) is 2.35. The highest BCUT2D eigenvalue weighted by Crippen LogP contribution is 2.38. The van der Waals surface area contributed by atoms with Crippen molar-refractivity contribution in [3.63, 3.8) is 0 Å². The Bertz CT molecular complexity index is 564. The maximum atomic E-state index is 13.6. The second kappa shape index (κ2) is 5.25. The fraction of sp³-hybridized carbons (Fsp3) is 0.250. The van der Waals surface area contributed by atoms with Crippen LogP contribution in [0.2, 0.25) is 0 Å². The molecule has 1 atom stereocenters. The molecular formula is C12H8FN2O2S-. The fourth-order valence-corrected chi connectivity index (χ4v) is 1.88. The first-order chi connectivity index (χ1) is 8.67. The largest absolute Gasteiger partial charge is 0.782 e. The standard InChI is InChI=1S/C12H8FN2O2S/c1-2-3-11-8-4-10(14-6-18)9(13)5-12(8)17-7-15(11)16/h1,4-5,11H,3,7H2/q-1. The van der Waals surface area contributed by atoms with Gasteiger partial charge in [-0.15, -0.1) is 12.3 Å². The molecule has 0 aromatic heterocycles. The average molecular weight is 263 g/mol. The molecular weight excluding hydrogens is 255 g/mol. The molecule has 1 aromatic rings. The third kappa shape index (κ3) is 2.26. The Morgan fingerprint density at radius 2 is 2.44 bits per heavy atom. The number of hydrogen-bond donors (Lipinski definition) is 0. The molecule has 92 valence electrons. The molecule has 0 bridgehead atoms. The van der Waals surface area contributed by atoms with Crippen LogP contribution >= 0.6 is 12.2 Å². The Morgan fingerprint density at radius 3 is 3.11 bits per heavy atom. The topological polar surface area (TPSA) is 47.9 Å². The van der Waals surface area contributed by atoms with Crippen LogP contribution in [-0.2, 0) is 0 Å². The number of fused-ring (bicyclic) bond motifs is 1. The lowest BCUT2D eigenvalue weighted by Crippen LogP contribution is -2.31. The van der Waals surface area contributed by atoms with Gasteiger partial charge in [-0.2, -0.15) is 4.99 Å². The van der Waals surface area contributed by atoms with Crippen molar-refractivity contribution in [3.8, 4) is 18.1 Å². The van der Waals surface area contributed by atoms with E-state index in [9.17, 15) is 9.60 Å². The Hall–Kier alpha value is -1.77. The number of halogens is 1. The maximum absolute atomic E-state index is 13.6. The molecule has 2 rings (SSSR count). The monoisotopic (exact) mass is 263 g/mol. The Balaban J connectivity index is 2.53. The van der Waals surface area contributed by atoms with Crippen molar-refractivity contribution in [2.45, 2.75) is 12.5 Å². The summed E-state index contributed by atoms with van der Waals surface area (Å²) in [5.74, 6) is 2.15. The van der Waals surface area contributed by atoms with Gasteiger partial charge in [-0.1, -0.05) is 0 Å². The Labute approximate surface area is 109 Å². The lowest BCUT2D eigenvalue weighted by molar-refractivity contribution is 0.104. The van der Waals surface area contributed by atoms with E-state index >= 15 is 0 Å². The molecule has 1 aliphatic rings. The van der Waals surface area contributed by atoms with Crippen molar-refractivity contribution in [2.24, 2.45) is 4.99 Å². The van der Waals surface area contributed by atoms with Crippen LogP contribution in [-0.4, -0.2) is 17.0 Å². The van der Waals surface area contributed by atoms with Crippen LogP contribution in [0.5, 0.6) is 5.75 Å². The van der Waals surface area contributed by atoms with E-state index < -0.39 is 11.9 Å². The summed E-state index contributed by atoms with van der Waals surface area (Å²) in [5, 5.41) is 14.4. The van der Waals surface area contributed by atoms with E-state index in [4.69, 9.17) is 11.2 Å². The summed E-state index contributed by atoms with van der Waals surface area (Å²) in [5.41, 5.74) is 0.532. The molecule has 0 radical (unpaired) electrons. The third-order valence-electron chi connectivity index (χ3n) is 2.61. The molecule has 1 heterocycles. The summed E-state index contributed by atoms with van der Waals surface area (Å²) >= 11 is 4.43. The zero-order valence-electron chi connectivity index (χ0n) is 9.22. The third-order valence-corrected chi connectivity index (χ3v) is 2.70. The van der Waals surface area contributed by atoms with Crippen molar-refractivity contribution in [1.29, 1.82) is 0 Å². The van der Waals surface area contributed by atoms with Crippen molar-refractivity contribution in [3.05, 3.63) is 28.7 Å². The summed E-state index contributed by atoms with van der Waals surface area (Å²) in [7, 11) is 0. The smallest absolute Gasteiger partial charge is 0.153 e. The number of ether oxygens (including phenoxy) is 1. The fourth-order valence-electron chi connectivity index (χ4n) is 1.78. The van der Waals surface area contributed by atoms with Crippen molar-refractivity contribution < 1.29 is 9.13 Å². The van der Waals surface area contributed by atoms with Gasteiger partial charge in [-0.25, -0.2) is 4.39 Å². The highest BCUT2D eigenvalue weighted by atomic mass is 32.1. The van der Waals surface area contributed by atoms with Crippen LogP contribution in [0.25, 0.3) is 0 Å². The second-order valence-corrected chi connectivity index (χ2v) is 3.84. The summed E-state index contributed by atoms with van der Waals surface area (Å²) in [4.78, 5) is 3.60. The van der Waals surface area contributed by atoms with Gasteiger partial charge in [0.1, 0.15) is 18.2 Å². The first-order valence-electron chi connectivity index (χ1n) is 5.08. The molecule has 0 saturated heterocycles. The van der Waals surface area contributed by atoms with E-state index in [1.165, 1.54) is 12.1 Å². The lowest BCUT2D eigenvalue weighted by atomic mass is 10.0. The summed E-state index contributed by atoms with van der Waals surface area (Å²) in [6.45, 7) is -0.172. The lowest BCUT2D eigenvalue weighted by Gasteiger charge is -2.40. The minimum Gasteiger partial charge on any atom is -0.782 e. The quantitative estimate of drug-likeness (QED) is 0.467. The van der Waals surface area contributed by atoms with Gasteiger partial charge < -0.3 is 15.0 Å². The first kappa shape index (κ1) is 12.7. The van der Waals surface area contributed by atoms with Gasteiger partial charge in [0.25, 0.3) is 0 Å². The van der Waals surface area contributed by atoms with E-state index in [1.54, 1.807) is 0 Å². The summed E-state index contributed by atoms with van der Waals surface area (Å²) in [6, 6.07) is 2.03. The Kier molecular flexibility index (Phi) is 3.70. The summed E-state index contributed by atoms with van der Waals surface area (Å²) < 4.78 is 18.7. The van der Waals surface area contributed by atoms with Crippen molar-refractivity contribution in [1.82, 2.24) is 5.06 Å². The molecule has 0 spiro atoms. The van der Waals surface area contributed by atoms with Crippen LogP contribution in [0, 0.1) is 23.4 Å². The molecule has 0 fully saturated rings. The predicted octanol–water partition coefficient (Wildman–Crippen LogP) is 2.77. The normalized spacial score (nSPS) is 18.2. The number of aliphatic imine (C=N–C) groups is 1. The molecule has 0 N–H and O–H groups in total. The zero-order valence-corrected chi connectivity index (χ0v) is 10.0. The highest BCUT2D eigenvalue weighted by Gasteiger charge is 2.24. The van der Waals surface area contributed by atoms with E-state index in [0.717, 1.165) is 0 Å². The number of nitrogens with zero attached hydrogens (tertiary/aromatic N) is 2. The molecule has 0 saturated carbocycles. The summed E-state index contributed by atoms with van der Waals surface area (Å²) in [6.07, 6.45) is 5.44. The number of hydroxylamine groups is 2. The van der Waals surface area contributed by atoms with Crippen LogP contribution < -0.4 is 4.74 Å². The van der Waals surface area contributed by atoms with Crippen LogP contribution in [0.4, 0.5) is 10.1 Å². The van der Waals surface area contributed by atoms with Gasteiger partial charge in [-0.3, -0.25) is 0 Å². The van der Waals surface area contributed by atoms with E-state index in [1.807, 2.05) is 0 Å². The molecule has 18 heavy (non-hydrogen) atoms. The van der Waals surface area contributed by atoms with Gasteiger partial charge >= 0.3 is 0 Å². The molecule has 0 aliphatic carbocycles. The number of isothiocyanates is 1. The Morgan fingerprint density at radius 1 is 1.67 bits per heavy atom. The van der Waals surface area contributed by atoms with Gasteiger partial charge in [0.05, 0.1) is 5.16 Å². The van der Waals surface area contributed by atoms with Crippen molar-refractivity contribution in [2.75, 3.05) is 6.73 Å². The molecule has 0 amide bonds. The predicted molar refractivity (Wildman–Crippen MR) is 68.0 cm³/mol. The number of thiocarbonyl (C=S) groups is 1. The van der Waals surface area contributed by atoms with Gasteiger partial charge in [0, 0.05) is 24.1 Å². The zero-order chi connectivity index (χ0) is 13.1. The van der Waals surface area contributed by atoms with Crippen LogP contribution in [0.3, 0.4) is 0 Å². The molecule has 1 aromatic carbocycles. The number of rotatable bonds is 2. The number of benzene rings is 1. The van der Waals surface area contributed by atoms with Gasteiger partial charge in [0.2, 0.25) is 0 Å². The first-order valence-corrected chi connectivity index (χ1v) is 5.49. The van der Waals surface area contributed by atoms with Crippen LogP contribution in [0.15, 0.2) is 17.1 Å². The second-order valence-electron chi connectivity index (χ2n) is 3.66. The molecule has 4 nitrogen and oxygen atoms in total. The minimum atomic E-state index is -0.579. The highest BCUT2D eigenvalue weighted by molar-refractivity contribution is 7.78. The van der Waals surface area contributed by atoms with E-state index in [2.05, 4.69) is 28.3 Å². The molecule has 1 aliphatic heterocycles. The number of hydrogen-bond acceptors (Lipinski definition) is 5. The van der Waals surface area contributed by atoms with E-state index in [0.29, 0.717) is 16.4 Å².